The summed E-state index contributed by atoms with van der Waals surface area (Å²) in [7, 11) is 0. The monoisotopic (exact) mass is 1040 g/mol. The number of fused-ring (bicyclic) bond motifs is 6. The molecule has 0 saturated carbocycles. The minimum Gasteiger partial charge on any atom is -0.309 e. The summed E-state index contributed by atoms with van der Waals surface area (Å²) in [5.74, 6) is 1.81. The zero-order chi connectivity index (χ0) is 52.9. The molecule has 0 aliphatic carbocycles. The molecule has 15 rings (SSSR count). The molecule has 0 atom stereocenters. The number of hydrogen-bond donors (Lipinski definition) is 0. The number of thiophene rings is 1. The first kappa shape index (κ1) is 46.9. The van der Waals surface area contributed by atoms with E-state index >= 15 is 0 Å². The summed E-state index contributed by atoms with van der Waals surface area (Å²) in [5.41, 5.74) is 20.0. The highest BCUT2D eigenvalue weighted by Crippen LogP contribution is 2.42. The molecule has 4 nitrogen and oxygen atoms in total. The quantitative estimate of drug-likeness (QED) is 0.137. The fourth-order valence-corrected chi connectivity index (χ4v) is 12.7. The number of nitrogens with zero attached hydrogens (tertiary/aromatic N) is 4. The normalized spacial score (nSPS) is 11.5. The van der Waals surface area contributed by atoms with Gasteiger partial charge in [0.05, 0.1) is 11.0 Å². The summed E-state index contributed by atoms with van der Waals surface area (Å²) in [4.78, 5) is 15.9. The number of rotatable bonds is 10. The minimum atomic E-state index is 0.602. The summed E-state index contributed by atoms with van der Waals surface area (Å²) in [5, 5.41) is 5.08. The Kier molecular flexibility index (Phi) is 11.7. The lowest BCUT2D eigenvalue weighted by atomic mass is 9.95. The number of benzene rings is 12. The molecule has 0 saturated heterocycles. The molecule has 0 aliphatic heterocycles. The Bertz CT molecular complexity index is 4790. The van der Waals surface area contributed by atoms with Crippen LogP contribution < -0.4 is 0 Å². The van der Waals surface area contributed by atoms with Gasteiger partial charge in [-0.25, -0.2) is 15.0 Å². The van der Waals surface area contributed by atoms with Crippen LogP contribution in [-0.2, 0) is 0 Å². The van der Waals surface area contributed by atoms with Gasteiger partial charge in [0.15, 0.2) is 17.5 Å². The second kappa shape index (κ2) is 19.9. The van der Waals surface area contributed by atoms with Crippen LogP contribution in [0.3, 0.4) is 0 Å². The molecular formula is C75H48N4S. The molecule has 0 fully saturated rings. The van der Waals surface area contributed by atoms with Gasteiger partial charge in [-0.15, -0.1) is 11.3 Å². The van der Waals surface area contributed by atoms with Crippen LogP contribution in [0.25, 0.3) is 149 Å². The highest BCUT2D eigenvalue weighted by atomic mass is 32.1. The van der Waals surface area contributed by atoms with Crippen LogP contribution in [0.15, 0.2) is 291 Å². The first-order valence-corrected chi connectivity index (χ1v) is 27.9. The zero-order valence-corrected chi connectivity index (χ0v) is 44.2. The fourth-order valence-electron chi connectivity index (χ4n) is 11.5. The van der Waals surface area contributed by atoms with Crippen LogP contribution in [-0.4, -0.2) is 19.5 Å². The summed E-state index contributed by atoms with van der Waals surface area (Å²) in [6, 6.07) is 104. The van der Waals surface area contributed by atoms with Crippen molar-refractivity contribution >= 4 is 53.3 Å². The van der Waals surface area contributed by atoms with Gasteiger partial charge in [-0.1, -0.05) is 231 Å². The van der Waals surface area contributed by atoms with Crippen molar-refractivity contribution in [3.63, 3.8) is 0 Å². The van der Waals surface area contributed by atoms with E-state index in [1.807, 2.05) is 11.3 Å². The average molecular weight is 1040 g/mol. The van der Waals surface area contributed by atoms with Crippen molar-refractivity contribution in [3.05, 3.63) is 291 Å². The van der Waals surface area contributed by atoms with Gasteiger partial charge in [-0.05, 0) is 127 Å². The molecule has 0 bridgehead atoms. The van der Waals surface area contributed by atoms with Gasteiger partial charge in [0.2, 0.25) is 0 Å². The molecule has 80 heavy (non-hydrogen) atoms. The molecule has 12 aromatic carbocycles. The second-order valence-corrected chi connectivity index (χ2v) is 21.4. The van der Waals surface area contributed by atoms with E-state index in [0.29, 0.717) is 17.5 Å². The molecule has 5 heteroatoms. The minimum absolute atomic E-state index is 0.602. The van der Waals surface area contributed by atoms with E-state index in [1.165, 1.54) is 69.8 Å². The van der Waals surface area contributed by atoms with Crippen LogP contribution in [0.1, 0.15) is 0 Å². The molecule has 15 aromatic rings. The SMILES string of the molecule is c1ccc(-c2cccc(-c3cccc(-c4cccc(-c5nc(-c6ccc(-c7cccc(-n8c9ccccc9c9ccccc98)c7)cc6)nc(-c6cccc(-c7cccc(-c8cccc9c8sc8ccccc89)c7)c6)n5)c4)c3)c2)cc1. The van der Waals surface area contributed by atoms with Crippen LogP contribution in [0, 0.1) is 0 Å². The van der Waals surface area contributed by atoms with Gasteiger partial charge in [-0.2, -0.15) is 0 Å². The van der Waals surface area contributed by atoms with Gasteiger partial charge in [0, 0.05) is 53.3 Å². The first-order chi connectivity index (χ1) is 39.6. The zero-order valence-electron chi connectivity index (χ0n) is 43.4. The molecule has 0 radical (unpaired) electrons. The van der Waals surface area contributed by atoms with E-state index in [-0.39, 0.29) is 0 Å². The smallest absolute Gasteiger partial charge is 0.164 e. The van der Waals surface area contributed by atoms with E-state index in [1.54, 1.807) is 0 Å². The lowest BCUT2D eigenvalue weighted by Crippen LogP contribution is -2.00. The van der Waals surface area contributed by atoms with Gasteiger partial charge >= 0.3 is 0 Å². The highest BCUT2D eigenvalue weighted by molar-refractivity contribution is 7.26. The molecule has 374 valence electrons. The standard InChI is InChI=1S/C75H48N4S/c1-2-17-49(18-3-1)52-19-10-20-53(43-52)54-21-11-22-55(44-54)57-24-13-28-61(46-57)74-76-73(51-41-39-50(40-42-51)59-26-15-30-63(48-59)79-69-36-7-4-31-65(69)66-32-5-8-37-70(66)79)77-75(78-74)62-29-14-25-58(47-62)56-23-12-27-60(45-56)64-34-16-35-68-67-33-6-9-38-71(67)80-72(64)68/h1-48H. The summed E-state index contributed by atoms with van der Waals surface area (Å²) >= 11 is 1.86. The van der Waals surface area contributed by atoms with Gasteiger partial charge in [0.25, 0.3) is 0 Å². The molecule has 0 N–H and O–H groups in total. The van der Waals surface area contributed by atoms with E-state index in [4.69, 9.17) is 15.0 Å². The average Bonchev–Trinajstić information content (AvgIpc) is 4.23. The van der Waals surface area contributed by atoms with Crippen LogP contribution >= 0.6 is 11.3 Å². The van der Waals surface area contributed by atoms with Gasteiger partial charge in [-0.3, -0.25) is 0 Å². The van der Waals surface area contributed by atoms with Gasteiger partial charge in [0.1, 0.15) is 0 Å². The van der Waals surface area contributed by atoms with Crippen LogP contribution in [0.5, 0.6) is 0 Å². The Hall–Kier alpha value is -10.3. The summed E-state index contributed by atoms with van der Waals surface area (Å²) in [6.07, 6.45) is 0. The van der Waals surface area contributed by atoms with Crippen molar-refractivity contribution in [2.75, 3.05) is 0 Å². The molecule has 0 spiro atoms. The number of hydrogen-bond acceptors (Lipinski definition) is 4. The second-order valence-electron chi connectivity index (χ2n) is 20.4. The first-order valence-electron chi connectivity index (χ1n) is 27.1. The molecular weight excluding hydrogens is 989 g/mol. The predicted molar refractivity (Wildman–Crippen MR) is 336 cm³/mol. The highest BCUT2D eigenvalue weighted by Gasteiger charge is 2.18. The maximum Gasteiger partial charge on any atom is 0.164 e. The van der Waals surface area contributed by atoms with Crippen LogP contribution in [0.2, 0.25) is 0 Å². The van der Waals surface area contributed by atoms with E-state index in [2.05, 4.69) is 296 Å². The van der Waals surface area contributed by atoms with E-state index in [9.17, 15) is 0 Å². The maximum atomic E-state index is 5.31. The van der Waals surface area contributed by atoms with Crippen LogP contribution in [0.4, 0.5) is 0 Å². The lowest BCUT2D eigenvalue weighted by Gasteiger charge is -2.12. The maximum absolute atomic E-state index is 5.31. The number of para-hydroxylation sites is 2. The molecule has 3 aromatic heterocycles. The fraction of sp³-hybridized carbons (Fsp3) is 0. The molecule has 0 aliphatic rings. The lowest BCUT2D eigenvalue weighted by molar-refractivity contribution is 1.07. The Labute approximate surface area is 467 Å². The largest absolute Gasteiger partial charge is 0.309 e. The van der Waals surface area contributed by atoms with Crippen molar-refractivity contribution in [1.82, 2.24) is 19.5 Å². The Morgan fingerprint density at radius 2 is 0.600 bits per heavy atom. The number of aromatic nitrogens is 4. The van der Waals surface area contributed by atoms with Crippen molar-refractivity contribution in [1.29, 1.82) is 0 Å². The molecule has 0 unspecified atom stereocenters. The summed E-state index contributed by atoms with van der Waals surface area (Å²) in [6.45, 7) is 0. The predicted octanol–water partition coefficient (Wildman–Crippen LogP) is 20.3. The molecule has 0 amide bonds. The summed E-state index contributed by atoms with van der Waals surface area (Å²) < 4.78 is 4.97. The Balaban J connectivity index is 0.808. The third-order valence-corrected chi connectivity index (χ3v) is 16.7. The Morgan fingerprint density at radius 1 is 0.237 bits per heavy atom. The van der Waals surface area contributed by atoms with E-state index < -0.39 is 0 Å². The topological polar surface area (TPSA) is 43.6 Å². The van der Waals surface area contributed by atoms with Gasteiger partial charge < -0.3 is 4.57 Å². The van der Waals surface area contributed by atoms with Crippen molar-refractivity contribution in [2.24, 2.45) is 0 Å². The third kappa shape index (κ3) is 8.63. The van der Waals surface area contributed by atoms with Crippen molar-refractivity contribution in [3.8, 4) is 107 Å². The van der Waals surface area contributed by atoms with Crippen molar-refractivity contribution in [2.45, 2.75) is 0 Å². The Morgan fingerprint density at radius 3 is 1.18 bits per heavy atom. The van der Waals surface area contributed by atoms with E-state index in [0.717, 1.165) is 61.3 Å². The van der Waals surface area contributed by atoms with Crippen molar-refractivity contribution < 1.29 is 0 Å². The third-order valence-electron chi connectivity index (χ3n) is 15.4. The molecule has 3 heterocycles.